The second-order valence-corrected chi connectivity index (χ2v) is 5.07. The van der Waals surface area contributed by atoms with Crippen LogP contribution in [0.1, 0.15) is 46.5 Å². The summed E-state index contributed by atoms with van der Waals surface area (Å²) in [6.45, 7) is 7.08. The number of rotatable bonds is 4. The Labute approximate surface area is 88.1 Å². The highest BCUT2D eigenvalue weighted by molar-refractivity contribution is 4.81. The van der Waals surface area contributed by atoms with E-state index in [2.05, 4.69) is 26.1 Å². The Morgan fingerprint density at radius 3 is 2.21 bits per heavy atom. The van der Waals surface area contributed by atoms with E-state index in [1.165, 1.54) is 19.3 Å². The van der Waals surface area contributed by atoms with Crippen molar-refractivity contribution in [3.63, 3.8) is 0 Å². The Bertz CT molecular complexity index is 146. The quantitative estimate of drug-likeness (QED) is 0.727. The molecular formula is C12H25NO. The van der Waals surface area contributed by atoms with Gasteiger partial charge in [-0.2, -0.15) is 0 Å². The lowest BCUT2D eigenvalue weighted by Gasteiger charge is -2.34. The summed E-state index contributed by atoms with van der Waals surface area (Å²) in [5, 5.41) is 12.7. The summed E-state index contributed by atoms with van der Waals surface area (Å²) < 4.78 is 0. The fraction of sp³-hybridized carbons (Fsp3) is 1.00. The first kappa shape index (κ1) is 12.0. The highest BCUT2D eigenvalue weighted by Gasteiger charge is 2.24. The smallest absolute Gasteiger partial charge is 0.0584 e. The summed E-state index contributed by atoms with van der Waals surface area (Å²) in [6, 6.07) is 0.934. The summed E-state index contributed by atoms with van der Waals surface area (Å²) in [7, 11) is 0. The molecule has 0 aromatic carbocycles. The lowest BCUT2D eigenvalue weighted by Crippen LogP contribution is -2.43. The molecule has 0 saturated heterocycles. The number of aliphatic hydroxyl groups is 1. The van der Waals surface area contributed by atoms with Crippen molar-refractivity contribution in [1.29, 1.82) is 0 Å². The van der Waals surface area contributed by atoms with Crippen molar-refractivity contribution in [3.05, 3.63) is 0 Å². The fourth-order valence-corrected chi connectivity index (χ4v) is 2.72. The molecule has 2 nitrogen and oxygen atoms in total. The van der Waals surface area contributed by atoms with Crippen LogP contribution >= 0.6 is 0 Å². The largest absolute Gasteiger partial charge is 0.395 e. The van der Waals surface area contributed by atoms with E-state index in [4.69, 9.17) is 5.11 Å². The number of nitrogens with one attached hydrogen (secondary N) is 1. The first-order valence-corrected chi connectivity index (χ1v) is 6.02. The monoisotopic (exact) mass is 199 g/mol. The second-order valence-electron chi connectivity index (χ2n) is 5.07. The summed E-state index contributed by atoms with van der Waals surface area (Å²) >= 11 is 0. The van der Waals surface area contributed by atoms with Crippen LogP contribution in [0.5, 0.6) is 0 Å². The average molecular weight is 199 g/mol. The molecule has 0 amide bonds. The number of aliphatic hydroxyl groups excluding tert-OH is 1. The van der Waals surface area contributed by atoms with Crippen molar-refractivity contribution in [2.45, 2.75) is 58.5 Å². The van der Waals surface area contributed by atoms with Crippen LogP contribution in [-0.2, 0) is 0 Å². The maximum Gasteiger partial charge on any atom is 0.0584 e. The summed E-state index contributed by atoms with van der Waals surface area (Å²) in [5.41, 5.74) is 0. The highest BCUT2D eigenvalue weighted by Crippen LogP contribution is 2.28. The van der Waals surface area contributed by atoms with E-state index in [1.807, 2.05) is 0 Å². The third kappa shape index (κ3) is 3.58. The van der Waals surface area contributed by atoms with Gasteiger partial charge in [0.05, 0.1) is 6.61 Å². The predicted octanol–water partition coefficient (Wildman–Crippen LogP) is 2.17. The molecule has 2 heteroatoms. The first-order valence-electron chi connectivity index (χ1n) is 6.02. The molecule has 1 aliphatic carbocycles. The van der Waals surface area contributed by atoms with Crippen LogP contribution in [0.2, 0.25) is 0 Å². The van der Waals surface area contributed by atoms with E-state index < -0.39 is 0 Å². The third-order valence-electron chi connectivity index (χ3n) is 3.36. The van der Waals surface area contributed by atoms with Crippen molar-refractivity contribution in [2.75, 3.05) is 6.61 Å². The third-order valence-corrected chi connectivity index (χ3v) is 3.36. The van der Waals surface area contributed by atoms with Gasteiger partial charge in [-0.15, -0.1) is 0 Å². The molecule has 1 rings (SSSR count). The highest BCUT2D eigenvalue weighted by atomic mass is 16.3. The molecule has 0 unspecified atom stereocenters. The van der Waals surface area contributed by atoms with Crippen LogP contribution in [0, 0.1) is 11.8 Å². The zero-order valence-electron chi connectivity index (χ0n) is 9.79. The van der Waals surface area contributed by atoms with Crippen molar-refractivity contribution in [1.82, 2.24) is 5.32 Å². The maximum atomic E-state index is 9.13. The van der Waals surface area contributed by atoms with E-state index in [1.54, 1.807) is 0 Å². The Morgan fingerprint density at radius 1 is 1.21 bits per heavy atom. The molecule has 0 aliphatic heterocycles. The van der Waals surface area contributed by atoms with Gasteiger partial charge in [-0.25, -0.2) is 0 Å². The molecule has 1 saturated carbocycles. The van der Waals surface area contributed by atoms with E-state index in [-0.39, 0.29) is 6.61 Å². The van der Waals surface area contributed by atoms with E-state index in [9.17, 15) is 0 Å². The maximum absolute atomic E-state index is 9.13. The van der Waals surface area contributed by atoms with E-state index in [0.29, 0.717) is 12.1 Å². The molecule has 1 aliphatic rings. The van der Waals surface area contributed by atoms with Crippen LogP contribution in [0.3, 0.4) is 0 Å². The molecule has 3 atom stereocenters. The van der Waals surface area contributed by atoms with Crippen molar-refractivity contribution in [3.8, 4) is 0 Å². The fourth-order valence-electron chi connectivity index (χ4n) is 2.72. The van der Waals surface area contributed by atoms with E-state index >= 15 is 0 Å². The second kappa shape index (κ2) is 5.72. The molecule has 0 radical (unpaired) electrons. The Hall–Kier alpha value is -0.0800. The van der Waals surface area contributed by atoms with Gasteiger partial charge in [-0.1, -0.05) is 20.8 Å². The van der Waals surface area contributed by atoms with Gasteiger partial charge < -0.3 is 10.4 Å². The number of hydrogen-bond acceptors (Lipinski definition) is 2. The first-order chi connectivity index (χ1) is 6.65. The van der Waals surface area contributed by atoms with Crippen LogP contribution < -0.4 is 5.32 Å². The number of hydrogen-bond donors (Lipinski definition) is 2. The SMILES string of the molecule is CC[C@H](CO)NC1C[C@@H](C)C[C@H](C)C1. The van der Waals surface area contributed by atoms with Gasteiger partial charge in [0.25, 0.3) is 0 Å². The molecule has 0 spiro atoms. The van der Waals surface area contributed by atoms with E-state index in [0.717, 1.165) is 18.3 Å². The van der Waals surface area contributed by atoms with Crippen LogP contribution in [-0.4, -0.2) is 23.8 Å². The van der Waals surface area contributed by atoms with Gasteiger partial charge in [0.1, 0.15) is 0 Å². The molecule has 0 heterocycles. The standard InChI is InChI=1S/C12H25NO/c1-4-11(8-14)13-12-6-9(2)5-10(3)7-12/h9-14H,4-8H2,1-3H3/t9-,10-,11+/m0/s1. The van der Waals surface area contributed by atoms with Crippen molar-refractivity contribution in [2.24, 2.45) is 11.8 Å². The molecule has 0 aromatic rings. The van der Waals surface area contributed by atoms with Crippen molar-refractivity contribution < 1.29 is 5.11 Å². The lowest BCUT2D eigenvalue weighted by atomic mass is 9.80. The predicted molar refractivity (Wildman–Crippen MR) is 60.3 cm³/mol. The summed E-state index contributed by atoms with van der Waals surface area (Å²) in [5.74, 6) is 1.68. The molecule has 84 valence electrons. The normalized spacial score (nSPS) is 35.6. The van der Waals surface area contributed by atoms with Gasteiger partial charge in [0.15, 0.2) is 0 Å². The van der Waals surface area contributed by atoms with Gasteiger partial charge >= 0.3 is 0 Å². The zero-order chi connectivity index (χ0) is 10.6. The lowest BCUT2D eigenvalue weighted by molar-refractivity contribution is 0.184. The topological polar surface area (TPSA) is 32.3 Å². The molecule has 14 heavy (non-hydrogen) atoms. The molecule has 2 N–H and O–H groups in total. The van der Waals surface area contributed by atoms with Crippen LogP contribution in [0.25, 0.3) is 0 Å². The Balaban J connectivity index is 2.35. The minimum atomic E-state index is 0.274. The van der Waals surface area contributed by atoms with Gasteiger partial charge in [-0.3, -0.25) is 0 Å². The van der Waals surface area contributed by atoms with Crippen LogP contribution in [0.4, 0.5) is 0 Å². The molecule has 0 bridgehead atoms. The molecular weight excluding hydrogens is 174 g/mol. The van der Waals surface area contributed by atoms with Gasteiger partial charge in [-0.05, 0) is 37.5 Å². The zero-order valence-corrected chi connectivity index (χ0v) is 9.79. The summed E-state index contributed by atoms with van der Waals surface area (Å²) in [6.07, 6.45) is 4.95. The Morgan fingerprint density at radius 2 is 1.79 bits per heavy atom. The van der Waals surface area contributed by atoms with Gasteiger partial charge in [0, 0.05) is 12.1 Å². The molecule has 0 aromatic heterocycles. The minimum absolute atomic E-state index is 0.274. The van der Waals surface area contributed by atoms with Crippen LogP contribution in [0.15, 0.2) is 0 Å². The minimum Gasteiger partial charge on any atom is -0.395 e. The molecule has 1 fully saturated rings. The van der Waals surface area contributed by atoms with Crippen molar-refractivity contribution >= 4 is 0 Å². The van der Waals surface area contributed by atoms with Gasteiger partial charge in [0.2, 0.25) is 0 Å². The Kier molecular flexibility index (Phi) is 4.90. The average Bonchev–Trinajstić information content (AvgIpc) is 2.12. The summed E-state index contributed by atoms with van der Waals surface area (Å²) in [4.78, 5) is 0.